The van der Waals surface area contributed by atoms with Crippen molar-refractivity contribution in [3.63, 3.8) is 0 Å². The number of guanidine groups is 1. The summed E-state index contributed by atoms with van der Waals surface area (Å²) in [7, 11) is 0. The fraction of sp³-hybridized carbons (Fsp3) is 0.619. The summed E-state index contributed by atoms with van der Waals surface area (Å²) in [6.07, 6.45) is 2.20. The van der Waals surface area contributed by atoms with Gasteiger partial charge in [0.05, 0.1) is 0 Å². The molecule has 0 aromatic heterocycles. The van der Waals surface area contributed by atoms with Crippen LogP contribution in [0.2, 0.25) is 0 Å². The Bertz CT molecular complexity index is 666. The zero-order chi connectivity index (χ0) is 20.5. The molecule has 3 rings (SSSR count). The van der Waals surface area contributed by atoms with Crippen LogP contribution in [-0.2, 0) is 4.79 Å². The van der Waals surface area contributed by atoms with E-state index in [1.165, 1.54) is 12.1 Å². The van der Waals surface area contributed by atoms with Gasteiger partial charge in [0.25, 0.3) is 0 Å². The summed E-state index contributed by atoms with van der Waals surface area (Å²) in [5, 5.41) is 6.54. The van der Waals surface area contributed by atoms with E-state index in [0.717, 1.165) is 77.4 Å². The number of likely N-dealkylation sites (tertiary alicyclic amines) is 1. The molecule has 7 nitrogen and oxygen atoms in total. The van der Waals surface area contributed by atoms with Crippen LogP contribution in [0, 0.1) is 5.82 Å². The fourth-order valence-electron chi connectivity index (χ4n) is 3.77. The highest BCUT2D eigenvalue weighted by Crippen LogP contribution is 2.16. The number of halogens is 1. The molecule has 2 heterocycles. The van der Waals surface area contributed by atoms with Crippen LogP contribution < -0.4 is 15.5 Å². The van der Waals surface area contributed by atoms with E-state index in [-0.39, 0.29) is 18.3 Å². The minimum atomic E-state index is -0.196. The molecule has 1 amide bonds. The van der Waals surface area contributed by atoms with Crippen molar-refractivity contribution in [2.45, 2.75) is 19.8 Å². The first-order valence-electron chi connectivity index (χ1n) is 10.7. The summed E-state index contributed by atoms with van der Waals surface area (Å²) in [6.45, 7) is 10.2. The van der Waals surface area contributed by atoms with Crippen molar-refractivity contribution >= 4 is 17.6 Å². The van der Waals surface area contributed by atoms with Gasteiger partial charge in [-0.05, 0) is 44.0 Å². The third kappa shape index (κ3) is 6.59. The zero-order valence-corrected chi connectivity index (χ0v) is 17.4. The summed E-state index contributed by atoms with van der Waals surface area (Å²) in [5.74, 6) is 0.611. The molecule has 1 aromatic carbocycles. The first-order valence-corrected chi connectivity index (χ1v) is 10.7. The SMILES string of the molecule is CCNC(=NCC(=O)N1CCCC1)NCCN1CCN(c2ccc(F)cc2)CC1. The summed E-state index contributed by atoms with van der Waals surface area (Å²) >= 11 is 0. The highest BCUT2D eigenvalue weighted by atomic mass is 19.1. The van der Waals surface area contributed by atoms with Crippen molar-refractivity contribution in [1.82, 2.24) is 20.4 Å². The van der Waals surface area contributed by atoms with Gasteiger partial charge in [0.2, 0.25) is 5.91 Å². The Morgan fingerprint density at radius 1 is 1.03 bits per heavy atom. The lowest BCUT2D eigenvalue weighted by Gasteiger charge is -2.36. The van der Waals surface area contributed by atoms with Crippen molar-refractivity contribution in [2.75, 3.05) is 70.3 Å². The molecule has 8 heteroatoms. The molecule has 0 unspecified atom stereocenters. The Labute approximate surface area is 172 Å². The monoisotopic (exact) mass is 404 g/mol. The van der Waals surface area contributed by atoms with E-state index in [2.05, 4.69) is 25.4 Å². The molecule has 0 atom stereocenters. The molecule has 2 fully saturated rings. The molecule has 0 spiro atoms. The van der Waals surface area contributed by atoms with Gasteiger partial charge >= 0.3 is 0 Å². The van der Waals surface area contributed by atoms with E-state index >= 15 is 0 Å². The normalized spacial score (nSPS) is 18.2. The Morgan fingerprint density at radius 3 is 2.38 bits per heavy atom. The molecular weight excluding hydrogens is 371 g/mol. The van der Waals surface area contributed by atoms with E-state index < -0.39 is 0 Å². The average Bonchev–Trinajstić information content (AvgIpc) is 3.28. The minimum absolute atomic E-state index is 0.108. The lowest BCUT2D eigenvalue weighted by Crippen LogP contribution is -2.49. The number of piperazine rings is 1. The Kier molecular flexibility index (Phi) is 8.10. The smallest absolute Gasteiger partial charge is 0.244 e. The van der Waals surface area contributed by atoms with E-state index in [9.17, 15) is 9.18 Å². The lowest BCUT2D eigenvalue weighted by molar-refractivity contribution is -0.128. The molecule has 0 radical (unpaired) electrons. The van der Waals surface area contributed by atoms with E-state index in [4.69, 9.17) is 0 Å². The summed E-state index contributed by atoms with van der Waals surface area (Å²) in [6, 6.07) is 6.72. The van der Waals surface area contributed by atoms with Gasteiger partial charge < -0.3 is 20.4 Å². The van der Waals surface area contributed by atoms with Crippen LogP contribution in [0.25, 0.3) is 0 Å². The highest BCUT2D eigenvalue weighted by Gasteiger charge is 2.18. The van der Waals surface area contributed by atoms with Gasteiger partial charge in [-0.2, -0.15) is 0 Å². The summed E-state index contributed by atoms with van der Waals surface area (Å²) < 4.78 is 13.1. The van der Waals surface area contributed by atoms with Crippen LogP contribution in [-0.4, -0.2) is 87.1 Å². The van der Waals surface area contributed by atoms with Crippen molar-refractivity contribution in [3.05, 3.63) is 30.1 Å². The maximum atomic E-state index is 13.1. The van der Waals surface area contributed by atoms with Gasteiger partial charge in [-0.25, -0.2) is 9.38 Å². The maximum absolute atomic E-state index is 13.1. The average molecular weight is 405 g/mol. The molecular formula is C21H33FN6O. The molecule has 0 saturated carbocycles. The third-order valence-electron chi connectivity index (χ3n) is 5.46. The van der Waals surface area contributed by atoms with E-state index in [0.29, 0.717) is 5.96 Å². The lowest BCUT2D eigenvalue weighted by atomic mass is 10.2. The second-order valence-corrected chi connectivity index (χ2v) is 7.51. The molecule has 29 heavy (non-hydrogen) atoms. The molecule has 160 valence electrons. The number of carbonyl (C=O) groups excluding carboxylic acids is 1. The molecule has 0 bridgehead atoms. The van der Waals surface area contributed by atoms with Crippen LogP contribution in [0.15, 0.2) is 29.3 Å². The number of hydrogen-bond donors (Lipinski definition) is 2. The van der Waals surface area contributed by atoms with Crippen LogP contribution >= 0.6 is 0 Å². The quantitative estimate of drug-likeness (QED) is 0.527. The van der Waals surface area contributed by atoms with Crippen molar-refractivity contribution < 1.29 is 9.18 Å². The summed E-state index contributed by atoms with van der Waals surface area (Å²) in [5.41, 5.74) is 1.08. The number of aliphatic imine (C=N–C) groups is 1. The predicted octanol–water partition coefficient (Wildman–Crippen LogP) is 1.13. The first-order chi connectivity index (χ1) is 14.2. The number of amides is 1. The highest BCUT2D eigenvalue weighted by molar-refractivity contribution is 5.85. The topological polar surface area (TPSA) is 63.2 Å². The number of benzene rings is 1. The zero-order valence-electron chi connectivity index (χ0n) is 17.4. The van der Waals surface area contributed by atoms with Gasteiger partial charge in [-0.1, -0.05) is 0 Å². The number of carbonyl (C=O) groups is 1. The van der Waals surface area contributed by atoms with E-state index in [1.54, 1.807) is 0 Å². The minimum Gasteiger partial charge on any atom is -0.369 e. The molecule has 2 aliphatic heterocycles. The largest absolute Gasteiger partial charge is 0.369 e. The van der Waals surface area contributed by atoms with Crippen LogP contribution in [0.1, 0.15) is 19.8 Å². The Morgan fingerprint density at radius 2 is 1.72 bits per heavy atom. The fourth-order valence-corrected chi connectivity index (χ4v) is 3.77. The van der Waals surface area contributed by atoms with Crippen molar-refractivity contribution in [1.29, 1.82) is 0 Å². The Balaban J connectivity index is 1.38. The molecule has 2 aliphatic rings. The molecule has 2 saturated heterocycles. The van der Waals surface area contributed by atoms with Crippen molar-refractivity contribution in [2.24, 2.45) is 4.99 Å². The van der Waals surface area contributed by atoms with Gasteiger partial charge in [0.15, 0.2) is 5.96 Å². The predicted molar refractivity (Wildman–Crippen MR) is 115 cm³/mol. The number of nitrogens with zero attached hydrogens (tertiary/aromatic N) is 4. The van der Waals surface area contributed by atoms with Gasteiger partial charge in [0.1, 0.15) is 12.4 Å². The maximum Gasteiger partial charge on any atom is 0.244 e. The van der Waals surface area contributed by atoms with Crippen LogP contribution in [0.5, 0.6) is 0 Å². The third-order valence-corrected chi connectivity index (χ3v) is 5.46. The number of hydrogen-bond acceptors (Lipinski definition) is 4. The first kappa shape index (κ1) is 21.4. The number of anilines is 1. The molecule has 1 aromatic rings. The van der Waals surface area contributed by atoms with Gasteiger partial charge in [-0.15, -0.1) is 0 Å². The van der Waals surface area contributed by atoms with Gasteiger partial charge in [-0.3, -0.25) is 9.69 Å². The van der Waals surface area contributed by atoms with Crippen LogP contribution in [0.3, 0.4) is 0 Å². The molecule has 2 N–H and O–H groups in total. The molecule has 0 aliphatic carbocycles. The Hall–Kier alpha value is -2.35. The number of nitrogens with one attached hydrogen (secondary N) is 2. The van der Waals surface area contributed by atoms with Crippen LogP contribution in [0.4, 0.5) is 10.1 Å². The number of rotatable bonds is 7. The van der Waals surface area contributed by atoms with Crippen molar-refractivity contribution in [3.8, 4) is 0 Å². The standard InChI is InChI=1S/C21H33FN6O/c1-2-23-21(25-17-20(29)28-10-3-4-11-28)24-9-12-26-13-15-27(16-14-26)19-7-5-18(22)6-8-19/h5-8H,2-4,9-17H2,1H3,(H2,23,24,25). The summed E-state index contributed by atoms with van der Waals surface area (Å²) in [4.78, 5) is 23.2. The second-order valence-electron chi connectivity index (χ2n) is 7.51. The van der Waals surface area contributed by atoms with Gasteiger partial charge in [0, 0.05) is 64.6 Å². The second kappa shape index (κ2) is 11.0. The van der Waals surface area contributed by atoms with E-state index in [1.807, 2.05) is 24.0 Å².